The van der Waals surface area contributed by atoms with Crippen molar-refractivity contribution < 1.29 is 0 Å². The van der Waals surface area contributed by atoms with Crippen LogP contribution in [-0.2, 0) is 6.42 Å². The van der Waals surface area contributed by atoms with E-state index in [2.05, 4.69) is 51.4 Å². The summed E-state index contributed by atoms with van der Waals surface area (Å²) in [5.74, 6) is 0. The summed E-state index contributed by atoms with van der Waals surface area (Å²) in [6.45, 7) is 2.98. The summed E-state index contributed by atoms with van der Waals surface area (Å²) in [5.41, 5.74) is 3.51. The van der Waals surface area contributed by atoms with Crippen molar-refractivity contribution in [2.24, 2.45) is 0 Å². The van der Waals surface area contributed by atoms with Crippen LogP contribution in [-0.4, -0.2) is 11.5 Å². The van der Waals surface area contributed by atoms with Gasteiger partial charge in [-0.15, -0.1) is 0 Å². The van der Waals surface area contributed by atoms with Gasteiger partial charge in [-0.2, -0.15) is 0 Å². The van der Waals surface area contributed by atoms with Crippen molar-refractivity contribution in [1.82, 2.24) is 4.98 Å². The highest BCUT2D eigenvalue weighted by molar-refractivity contribution is 9.10. The fraction of sp³-hybridized carbons (Fsp3) is 0.214. The molecule has 0 aliphatic heterocycles. The summed E-state index contributed by atoms with van der Waals surface area (Å²) >= 11 is 3.54. The van der Waals surface area contributed by atoms with Crippen LogP contribution in [0.3, 0.4) is 0 Å². The van der Waals surface area contributed by atoms with E-state index in [0.29, 0.717) is 0 Å². The minimum atomic E-state index is 0.888. The first-order valence-electron chi connectivity index (χ1n) is 5.65. The van der Waals surface area contributed by atoms with Gasteiger partial charge in [-0.05, 0) is 52.7 Å². The molecule has 0 fully saturated rings. The lowest BCUT2D eigenvalue weighted by Gasteiger charge is -2.09. The molecule has 2 rings (SSSR count). The number of hydrogen-bond donors (Lipinski definition) is 1. The normalized spacial score (nSPS) is 10.2. The summed E-state index contributed by atoms with van der Waals surface area (Å²) in [7, 11) is 0. The van der Waals surface area contributed by atoms with Gasteiger partial charge in [0.05, 0.1) is 0 Å². The molecule has 0 spiro atoms. The largest absolute Gasteiger partial charge is 0.384 e. The highest BCUT2D eigenvalue weighted by Gasteiger charge is 1.99. The van der Waals surface area contributed by atoms with E-state index < -0.39 is 0 Å². The molecule has 1 heterocycles. The third-order valence-electron chi connectivity index (χ3n) is 2.54. The average molecular weight is 291 g/mol. The fourth-order valence-corrected chi connectivity index (χ4v) is 2.03. The quantitative estimate of drug-likeness (QED) is 0.926. The molecule has 0 aliphatic carbocycles. The number of aryl methyl sites for hydroxylation is 1. The van der Waals surface area contributed by atoms with Crippen molar-refractivity contribution >= 4 is 21.6 Å². The van der Waals surface area contributed by atoms with E-state index >= 15 is 0 Å². The summed E-state index contributed by atoms with van der Waals surface area (Å²) in [6.07, 6.45) is 2.76. The number of rotatable bonds is 4. The SMILES string of the molecule is Cc1ccc(Br)c(NCCc2ccccn2)c1. The van der Waals surface area contributed by atoms with Gasteiger partial charge in [0.1, 0.15) is 0 Å². The number of anilines is 1. The maximum atomic E-state index is 4.30. The molecular formula is C14H15BrN2. The molecular weight excluding hydrogens is 276 g/mol. The van der Waals surface area contributed by atoms with Gasteiger partial charge in [0, 0.05) is 35.0 Å². The van der Waals surface area contributed by atoms with Crippen molar-refractivity contribution in [2.75, 3.05) is 11.9 Å². The Balaban J connectivity index is 1.92. The van der Waals surface area contributed by atoms with Gasteiger partial charge in [-0.3, -0.25) is 4.98 Å². The minimum Gasteiger partial charge on any atom is -0.384 e. The first-order chi connectivity index (χ1) is 8.25. The number of hydrogen-bond acceptors (Lipinski definition) is 2. The van der Waals surface area contributed by atoms with Crippen molar-refractivity contribution in [2.45, 2.75) is 13.3 Å². The third-order valence-corrected chi connectivity index (χ3v) is 3.24. The van der Waals surface area contributed by atoms with Gasteiger partial charge < -0.3 is 5.32 Å². The topological polar surface area (TPSA) is 24.9 Å². The molecule has 0 bridgehead atoms. The molecule has 0 unspecified atom stereocenters. The number of aromatic nitrogens is 1. The molecule has 2 nitrogen and oxygen atoms in total. The van der Waals surface area contributed by atoms with Crippen molar-refractivity contribution in [3.63, 3.8) is 0 Å². The Morgan fingerprint density at radius 1 is 1.24 bits per heavy atom. The molecule has 0 aliphatic rings. The Bertz CT molecular complexity index is 483. The summed E-state index contributed by atoms with van der Waals surface area (Å²) in [5, 5.41) is 3.42. The maximum Gasteiger partial charge on any atom is 0.0487 e. The number of benzene rings is 1. The Kier molecular flexibility index (Phi) is 4.15. The Morgan fingerprint density at radius 2 is 2.12 bits per heavy atom. The van der Waals surface area contributed by atoms with E-state index in [1.54, 1.807) is 0 Å². The molecule has 1 aromatic carbocycles. The second kappa shape index (κ2) is 5.82. The lowest BCUT2D eigenvalue weighted by atomic mass is 10.2. The summed E-state index contributed by atoms with van der Waals surface area (Å²) < 4.78 is 1.10. The number of halogens is 1. The zero-order valence-electron chi connectivity index (χ0n) is 9.78. The summed E-state index contributed by atoms with van der Waals surface area (Å²) in [4.78, 5) is 4.30. The predicted octanol–water partition coefficient (Wildman–Crippen LogP) is 3.81. The molecule has 0 atom stereocenters. The van der Waals surface area contributed by atoms with Crippen LogP contribution >= 0.6 is 15.9 Å². The van der Waals surface area contributed by atoms with Gasteiger partial charge in [-0.1, -0.05) is 12.1 Å². The van der Waals surface area contributed by atoms with Gasteiger partial charge in [0.2, 0.25) is 0 Å². The second-order valence-corrected chi connectivity index (χ2v) is 4.84. The number of nitrogens with zero attached hydrogens (tertiary/aromatic N) is 1. The van der Waals surface area contributed by atoms with E-state index in [1.807, 2.05) is 24.4 Å². The lowest BCUT2D eigenvalue weighted by Crippen LogP contribution is -2.06. The predicted molar refractivity (Wildman–Crippen MR) is 75.3 cm³/mol. The molecule has 0 saturated heterocycles. The van der Waals surface area contributed by atoms with E-state index in [4.69, 9.17) is 0 Å². The van der Waals surface area contributed by atoms with E-state index in [1.165, 1.54) is 5.56 Å². The van der Waals surface area contributed by atoms with Crippen LogP contribution in [0.1, 0.15) is 11.3 Å². The number of nitrogens with one attached hydrogen (secondary N) is 1. The van der Waals surface area contributed by atoms with Crippen LogP contribution in [0.5, 0.6) is 0 Å². The van der Waals surface area contributed by atoms with Crippen LogP contribution in [0.15, 0.2) is 47.1 Å². The fourth-order valence-electron chi connectivity index (χ4n) is 1.65. The van der Waals surface area contributed by atoms with Crippen LogP contribution in [0.25, 0.3) is 0 Å². The highest BCUT2D eigenvalue weighted by atomic mass is 79.9. The Labute approximate surface area is 110 Å². The molecule has 2 aromatic rings. The smallest absolute Gasteiger partial charge is 0.0487 e. The second-order valence-electron chi connectivity index (χ2n) is 3.98. The molecule has 0 radical (unpaired) electrons. The monoisotopic (exact) mass is 290 g/mol. The van der Waals surface area contributed by atoms with Gasteiger partial charge in [0.15, 0.2) is 0 Å². The van der Waals surface area contributed by atoms with Gasteiger partial charge >= 0.3 is 0 Å². The standard InChI is InChI=1S/C14H15BrN2/c1-11-5-6-13(15)14(10-11)17-9-7-12-4-2-3-8-16-12/h2-6,8,10,17H,7,9H2,1H3. The highest BCUT2D eigenvalue weighted by Crippen LogP contribution is 2.23. The van der Waals surface area contributed by atoms with Crippen LogP contribution in [0, 0.1) is 6.92 Å². The summed E-state index contributed by atoms with van der Waals surface area (Å²) in [6, 6.07) is 12.3. The molecule has 1 aromatic heterocycles. The molecule has 3 heteroatoms. The van der Waals surface area contributed by atoms with E-state index in [-0.39, 0.29) is 0 Å². The zero-order chi connectivity index (χ0) is 12.1. The average Bonchev–Trinajstić information content (AvgIpc) is 2.35. The first kappa shape index (κ1) is 12.1. The molecule has 1 N–H and O–H groups in total. The Morgan fingerprint density at radius 3 is 2.88 bits per heavy atom. The third kappa shape index (κ3) is 3.56. The van der Waals surface area contributed by atoms with Crippen molar-refractivity contribution in [1.29, 1.82) is 0 Å². The number of pyridine rings is 1. The molecule has 0 saturated carbocycles. The van der Waals surface area contributed by atoms with E-state index in [9.17, 15) is 0 Å². The zero-order valence-corrected chi connectivity index (χ0v) is 11.4. The van der Waals surface area contributed by atoms with Crippen LogP contribution in [0.2, 0.25) is 0 Å². The van der Waals surface area contributed by atoms with Crippen molar-refractivity contribution in [3.8, 4) is 0 Å². The molecule has 17 heavy (non-hydrogen) atoms. The van der Waals surface area contributed by atoms with Crippen molar-refractivity contribution in [3.05, 3.63) is 58.3 Å². The van der Waals surface area contributed by atoms with E-state index in [0.717, 1.165) is 28.8 Å². The molecule has 88 valence electrons. The van der Waals surface area contributed by atoms with Gasteiger partial charge in [0.25, 0.3) is 0 Å². The van der Waals surface area contributed by atoms with Gasteiger partial charge in [-0.25, -0.2) is 0 Å². The van der Waals surface area contributed by atoms with Crippen LogP contribution in [0.4, 0.5) is 5.69 Å². The minimum absolute atomic E-state index is 0.888. The Hall–Kier alpha value is -1.35. The lowest BCUT2D eigenvalue weighted by molar-refractivity contribution is 0.960. The van der Waals surface area contributed by atoms with Crippen LogP contribution < -0.4 is 5.32 Å². The first-order valence-corrected chi connectivity index (χ1v) is 6.45. The maximum absolute atomic E-state index is 4.30. The molecule has 0 amide bonds.